The molecule has 0 unspecified atom stereocenters. The number of hydrogen-bond acceptors (Lipinski definition) is 6. The summed E-state index contributed by atoms with van der Waals surface area (Å²) < 4.78 is 30.3. The standard InChI is InChI=1S/C15H17N3O5S/c1-11-6-4-7-13(17(2)24(3,21)22)12(11)10-23-14-8-5-9-16-15(14)18(19)20/h4-9H,10H2,1-3H3. The largest absolute Gasteiger partial charge is 0.481 e. The van der Waals surface area contributed by atoms with Crippen molar-refractivity contribution in [3.8, 4) is 5.75 Å². The van der Waals surface area contributed by atoms with E-state index in [1.807, 2.05) is 13.0 Å². The molecule has 1 aromatic carbocycles. The van der Waals surface area contributed by atoms with Gasteiger partial charge in [0.1, 0.15) is 12.8 Å². The van der Waals surface area contributed by atoms with E-state index >= 15 is 0 Å². The van der Waals surface area contributed by atoms with Gasteiger partial charge in [0, 0.05) is 12.6 Å². The number of hydrogen-bond donors (Lipinski definition) is 0. The van der Waals surface area contributed by atoms with Gasteiger partial charge in [-0.05, 0) is 40.6 Å². The zero-order valence-electron chi connectivity index (χ0n) is 13.5. The number of pyridine rings is 1. The van der Waals surface area contributed by atoms with Crippen LogP contribution < -0.4 is 9.04 Å². The summed E-state index contributed by atoms with van der Waals surface area (Å²) in [4.78, 5) is 14.0. The first-order valence-corrected chi connectivity index (χ1v) is 8.81. The molecule has 1 heterocycles. The van der Waals surface area contributed by atoms with Crippen LogP contribution in [0.25, 0.3) is 0 Å². The second-order valence-electron chi connectivity index (χ2n) is 5.17. The minimum Gasteiger partial charge on any atom is -0.481 e. The molecule has 0 N–H and O–H groups in total. The molecule has 0 saturated carbocycles. The molecule has 0 aliphatic carbocycles. The second kappa shape index (κ2) is 6.83. The van der Waals surface area contributed by atoms with Gasteiger partial charge in [0.15, 0.2) is 0 Å². The molecule has 0 saturated heterocycles. The SMILES string of the molecule is Cc1cccc(N(C)S(C)(=O)=O)c1COc1cccnc1[N+](=O)[O-]. The fourth-order valence-corrected chi connectivity index (χ4v) is 2.66. The molecule has 128 valence electrons. The first-order valence-electron chi connectivity index (χ1n) is 6.96. The predicted octanol–water partition coefficient (Wildman–Crippen LogP) is 2.27. The Kier molecular flexibility index (Phi) is 5.03. The molecule has 24 heavy (non-hydrogen) atoms. The summed E-state index contributed by atoms with van der Waals surface area (Å²) in [5.74, 6) is -0.359. The lowest BCUT2D eigenvalue weighted by Gasteiger charge is -2.21. The van der Waals surface area contributed by atoms with Gasteiger partial charge in [0.2, 0.25) is 15.8 Å². The maximum Gasteiger partial charge on any atom is 0.406 e. The molecular weight excluding hydrogens is 334 g/mol. The van der Waals surface area contributed by atoms with Gasteiger partial charge in [-0.3, -0.25) is 4.31 Å². The summed E-state index contributed by atoms with van der Waals surface area (Å²) in [6.07, 6.45) is 2.41. The van der Waals surface area contributed by atoms with E-state index in [0.717, 1.165) is 16.1 Å². The van der Waals surface area contributed by atoms with E-state index in [-0.39, 0.29) is 18.2 Å². The Hall–Kier alpha value is -2.68. The third kappa shape index (κ3) is 3.80. The van der Waals surface area contributed by atoms with Crippen molar-refractivity contribution < 1.29 is 18.1 Å². The van der Waals surface area contributed by atoms with E-state index in [9.17, 15) is 18.5 Å². The lowest BCUT2D eigenvalue weighted by molar-refractivity contribution is -0.390. The molecule has 9 heteroatoms. The normalized spacial score (nSPS) is 11.1. The van der Waals surface area contributed by atoms with Gasteiger partial charge in [-0.15, -0.1) is 0 Å². The van der Waals surface area contributed by atoms with Crippen molar-refractivity contribution in [2.75, 3.05) is 17.6 Å². The van der Waals surface area contributed by atoms with E-state index in [2.05, 4.69) is 4.98 Å². The van der Waals surface area contributed by atoms with Crippen molar-refractivity contribution in [2.24, 2.45) is 0 Å². The Morgan fingerprint density at radius 1 is 1.29 bits per heavy atom. The van der Waals surface area contributed by atoms with E-state index < -0.39 is 14.9 Å². The quantitative estimate of drug-likeness (QED) is 0.584. The zero-order valence-corrected chi connectivity index (χ0v) is 14.3. The Balaban J connectivity index is 2.36. The van der Waals surface area contributed by atoms with Crippen molar-refractivity contribution in [2.45, 2.75) is 13.5 Å². The maximum absolute atomic E-state index is 11.8. The molecule has 2 rings (SSSR count). The van der Waals surface area contributed by atoms with Crippen LogP contribution in [0.3, 0.4) is 0 Å². The van der Waals surface area contributed by atoms with Gasteiger partial charge < -0.3 is 14.9 Å². The summed E-state index contributed by atoms with van der Waals surface area (Å²) in [5, 5.41) is 11.0. The summed E-state index contributed by atoms with van der Waals surface area (Å²) in [6, 6.07) is 8.19. The topological polar surface area (TPSA) is 103 Å². The van der Waals surface area contributed by atoms with Crippen LogP contribution in [0.15, 0.2) is 36.5 Å². The van der Waals surface area contributed by atoms with Crippen LogP contribution in [0.4, 0.5) is 11.5 Å². The molecule has 0 aliphatic heterocycles. The maximum atomic E-state index is 11.8. The number of nitrogens with zero attached hydrogens (tertiary/aromatic N) is 3. The summed E-state index contributed by atoms with van der Waals surface area (Å²) >= 11 is 0. The van der Waals surface area contributed by atoms with Crippen LogP contribution in [-0.4, -0.2) is 31.6 Å². The number of ether oxygens (including phenoxy) is 1. The molecule has 0 spiro atoms. The molecule has 0 fully saturated rings. The van der Waals surface area contributed by atoms with Crippen LogP contribution >= 0.6 is 0 Å². The van der Waals surface area contributed by atoms with E-state index in [1.54, 1.807) is 12.1 Å². The lowest BCUT2D eigenvalue weighted by Crippen LogP contribution is -2.26. The van der Waals surface area contributed by atoms with E-state index in [1.165, 1.54) is 25.4 Å². The average molecular weight is 351 g/mol. The average Bonchev–Trinajstić information content (AvgIpc) is 2.52. The molecule has 0 aliphatic rings. The Labute approximate surface area is 139 Å². The number of benzene rings is 1. The Morgan fingerprint density at radius 3 is 2.62 bits per heavy atom. The van der Waals surface area contributed by atoms with Gasteiger partial charge in [0.25, 0.3) is 0 Å². The minimum absolute atomic E-state index is 0.0194. The van der Waals surface area contributed by atoms with Gasteiger partial charge in [-0.25, -0.2) is 8.42 Å². The van der Waals surface area contributed by atoms with Crippen molar-refractivity contribution >= 4 is 21.5 Å². The van der Waals surface area contributed by atoms with E-state index in [0.29, 0.717) is 11.3 Å². The minimum atomic E-state index is -3.44. The predicted molar refractivity (Wildman–Crippen MR) is 89.6 cm³/mol. The summed E-state index contributed by atoms with van der Waals surface area (Å²) in [6.45, 7) is 1.80. The summed E-state index contributed by atoms with van der Waals surface area (Å²) in [5.41, 5.74) is 1.90. The summed E-state index contributed by atoms with van der Waals surface area (Å²) in [7, 11) is -2.00. The van der Waals surface area contributed by atoms with E-state index in [4.69, 9.17) is 4.74 Å². The highest BCUT2D eigenvalue weighted by Crippen LogP contribution is 2.28. The molecule has 0 atom stereocenters. The fraction of sp³-hybridized carbons (Fsp3) is 0.267. The number of anilines is 1. The van der Waals surface area contributed by atoms with Crippen LogP contribution in [0, 0.1) is 17.0 Å². The highest BCUT2D eigenvalue weighted by Gasteiger charge is 2.20. The molecule has 1 aromatic heterocycles. The number of aromatic nitrogens is 1. The molecular formula is C15H17N3O5S. The number of nitro groups is 1. The number of rotatable bonds is 6. The highest BCUT2D eigenvalue weighted by molar-refractivity contribution is 7.92. The van der Waals surface area contributed by atoms with Crippen molar-refractivity contribution in [3.63, 3.8) is 0 Å². The third-order valence-corrected chi connectivity index (χ3v) is 4.71. The second-order valence-corrected chi connectivity index (χ2v) is 7.19. The van der Waals surface area contributed by atoms with Crippen molar-refractivity contribution in [1.82, 2.24) is 4.98 Å². The molecule has 0 bridgehead atoms. The van der Waals surface area contributed by atoms with Gasteiger partial charge in [0.05, 0.1) is 11.9 Å². The highest BCUT2D eigenvalue weighted by atomic mass is 32.2. The molecule has 0 amide bonds. The lowest BCUT2D eigenvalue weighted by atomic mass is 10.1. The molecule has 2 aromatic rings. The van der Waals surface area contributed by atoms with Gasteiger partial charge >= 0.3 is 5.82 Å². The van der Waals surface area contributed by atoms with Crippen LogP contribution in [0.5, 0.6) is 5.75 Å². The van der Waals surface area contributed by atoms with Crippen LogP contribution in [0.1, 0.15) is 11.1 Å². The zero-order chi connectivity index (χ0) is 17.9. The van der Waals surface area contributed by atoms with Crippen LogP contribution in [0.2, 0.25) is 0 Å². The molecule has 8 nitrogen and oxygen atoms in total. The number of sulfonamides is 1. The molecule has 0 radical (unpaired) electrons. The monoisotopic (exact) mass is 351 g/mol. The fourth-order valence-electron chi connectivity index (χ4n) is 2.13. The Bertz CT molecular complexity index is 867. The van der Waals surface area contributed by atoms with Crippen molar-refractivity contribution in [3.05, 3.63) is 57.8 Å². The van der Waals surface area contributed by atoms with Crippen LogP contribution in [-0.2, 0) is 16.6 Å². The van der Waals surface area contributed by atoms with Gasteiger partial charge in [-0.2, -0.15) is 0 Å². The number of aryl methyl sites for hydroxylation is 1. The Morgan fingerprint density at radius 2 is 2.00 bits per heavy atom. The van der Waals surface area contributed by atoms with Gasteiger partial charge in [-0.1, -0.05) is 12.1 Å². The van der Waals surface area contributed by atoms with Crippen molar-refractivity contribution in [1.29, 1.82) is 0 Å². The smallest absolute Gasteiger partial charge is 0.406 e. The first kappa shape index (κ1) is 17.7. The third-order valence-electron chi connectivity index (χ3n) is 3.52. The first-order chi connectivity index (χ1) is 11.2.